The molecule has 0 heterocycles. The zero-order valence-electron chi connectivity index (χ0n) is 25.9. The minimum Gasteiger partial charge on any atom is -0.508 e. The third-order valence-corrected chi connectivity index (χ3v) is 9.22. The lowest BCUT2D eigenvalue weighted by Gasteiger charge is -2.53. The van der Waals surface area contributed by atoms with Gasteiger partial charge in [0.25, 0.3) is 5.91 Å². The zero-order chi connectivity index (χ0) is 37.6. The number of likely N-dealkylation sites (N-methyl/N-ethyl adjacent to an activating group) is 1. The lowest BCUT2D eigenvalue weighted by molar-refractivity contribution is -0.169. The van der Waals surface area contributed by atoms with Crippen molar-refractivity contribution in [1.29, 1.82) is 0 Å². The molecule has 1 fully saturated rings. The third kappa shape index (κ3) is 5.41. The summed E-state index contributed by atoms with van der Waals surface area (Å²) < 4.78 is 79.6. The number of rotatable bonds is 4. The maximum Gasteiger partial charge on any atom is 0.416 e. The van der Waals surface area contributed by atoms with E-state index < -0.39 is 128 Å². The standard InChI is InChI=1S/C31H28F6N4O9/c1-9-13-4-5-14(40-28(49)39-12-7-10(30(32,33)34)6-11(8-12)31(35,36)37)21(42)16(13)22(43)17-15(9)23(44)19-20(41(2)3)24(45)18(27(38)48)26(47)29(19,50)25(17)46/h4-9,15,19-20,23,42-44,47,50H,1-3H3,(H2,38,48)(H2,39,40,49)/t9-,15+,19+,20+,23-,29+/m1/s1. The van der Waals surface area contributed by atoms with Crippen LogP contribution in [-0.4, -0.2) is 85.8 Å². The Labute approximate surface area is 277 Å². The van der Waals surface area contributed by atoms with E-state index >= 15 is 0 Å². The Morgan fingerprint density at radius 3 is 2.00 bits per heavy atom. The van der Waals surface area contributed by atoms with Gasteiger partial charge in [-0.1, -0.05) is 13.0 Å². The number of nitrogens with zero attached hydrogens (tertiary/aromatic N) is 1. The van der Waals surface area contributed by atoms with Crippen molar-refractivity contribution in [3.8, 4) is 5.75 Å². The van der Waals surface area contributed by atoms with Crippen LogP contribution < -0.4 is 16.4 Å². The quantitative estimate of drug-likeness (QED) is 0.131. The molecule has 6 atom stereocenters. The number of fused-ring (bicyclic) bond motifs is 3. The van der Waals surface area contributed by atoms with E-state index in [9.17, 15) is 71.1 Å². The van der Waals surface area contributed by atoms with E-state index in [-0.39, 0.29) is 23.8 Å². The topological polar surface area (TPSA) is 223 Å². The number of aliphatic hydroxyl groups excluding tert-OH is 3. The van der Waals surface area contributed by atoms with Gasteiger partial charge in [0.1, 0.15) is 22.8 Å². The molecule has 0 radical (unpaired) electrons. The van der Waals surface area contributed by atoms with Crippen LogP contribution in [-0.2, 0) is 26.7 Å². The maximum absolute atomic E-state index is 14.1. The van der Waals surface area contributed by atoms with Crippen LogP contribution in [0.1, 0.15) is 35.1 Å². The summed E-state index contributed by atoms with van der Waals surface area (Å²) in [6.45, 7) is 1.45. The molecule has 2 aromatic carbocycles. The summed E-state index contributed by atoms with van der Waals surface area (Å²) >= 11 is 0. The number of aliphatic hydroxyl groups is 4. The Balaban J connectivity index is 1.57. The summed E-state index contributed by atoms with van der Waals surface area (Å²) in [4.78, 5) is 53.4. The van der Waals surface area contributed by atoms with Crippen LogP contribution >= 0.6 is 0 Å². The van der Waals surface area contributed by atoms with Crippen molar-refractivity contribution in [2.45, 2.75) is 42.9 Å². The summed E-state index contributed by atoms with van der Waals surface area (Å²) in [6, 6.07) is -0.388. The van der Waals surface area contributed by atoms with Gasteiger partial charge in [-0.3, -0.25) is 19.3 Å². The third-order valence-electron chi connectivity index (χ3n) is 9.22. The largest absolute Gasteiger partial charge is 0.508 e. The number of amides is 3. The van der Waals surface area contributed by atoms with Crippen LogP contribution in [0, 0.1) is 11.8 Å². The van der Waals surface area contributed by atoms with E-state index in [1.165, 1.54) is 32.0 Å². The van der Waals surface area contributed by atoms with Crippen LogP contribution in [0.2, 0.25) is 0 Å². The second kappa shape index (κ2) is 11.7. The molecule has 2 aromatic rings. The van der Waals surface area contributed by atoms with E-state index in [0.29, 0.717) is 0 Å². The highest BCUT2D eigenvalue weighted by atomic mass is 19.4. The van der Waals surface area contributed by atoms with Gasteiger partial charge in [-0.05, 0) is 49.8 Å². The number of hydrogen-bond donors (Lipinski definition) is 8. The number of hydrogen-bond acceptors (Lipinski definition) is 10. The monoisotopic (exact) mass is 714 g/mol. The van der Waals surface area contributed by atoms with Crippen molar-refractivity contribution < 1.29 is 71.1 Å². The van der Waals surface area contributed by atoms with Crippen molar-refractivity contribution >= 4 is 40.6 Å². The zero-order valence-corrected chi connectivity index (χ0v) is 25.9. The number of primary amides is 1. The molecular formula is C31H28F6N4O9. The van der Waals surface area contributed by atoms with Crippen molar-refractivity contribution in [3.05, 3.63) is 69.5 Å². The first-order valence-electron chi connectivity index (χ1n) is 14.5. The average Bonchev–Trinajstić information content (AvgIpc) is 2.98. The van der Waals surface area contributed by atoms with Crippen molar-refractivity contribution in [3.63, 3.8) is 0 Å². The second-order valence-electron chi connectivity index (χ2n) is 12.3. The molecule has 3 aliphatic rings. The first-order valence-corrected chi connectivity index (χ1v) is 14.5. The number of anilines is 2. The van der Waals surface area contributed by atoms with Gasteiger partial charge in [0.05, 0.1) is 40.4 Å². The highest BCUT2D eigenvalue weighted by Gasteiger charge is 2.68. The summed E-state index contributed by atoms with van der Waals surface area (Å²) in [7, 11) is 2.68. The lowest BCUT2D eigenvalue weighted by Crippen LogP contribution is -2.70. The molecule has 3 amide bonds. The Kier molecular flexibility index (Phi) is 8.48. The highest BCUT2D eigenvalue weighted by molar-refractivity contribution is 6.24. The number of carbonyl (C=O) groups excluding carboxylic acids is 4. The van der Waals surface area contributed by atoms with Crippen LogP contribution in [0.3, 0.4) is 0 Å². The lowest BCUT2D eigenvalue weighted by atomic mass is 9.54. The Bertz CT molecular complexity index is 1890. The summed E-state index contributed by atoms with van der Waals surface area (Å²) in [6.07, 6.45) is -12.3. The van der Waals surface area contributed by atoms with Crippen molar-refractivity contribution in [1.82, 2.24) is 4.90 Å². The van der Waals surface area contributed by atoms with Crippen LogP contribution in [0.5, 0.6) is 5.75 Å². The number of ketones is 2. The average molecular weight is 715 g/mol. The molecule has 19 heteroatoms. The number of nitrogens with one attached hydrogen (secondary N) is 2. The normalized spacial score (nSPS) is 26.8. The molecule has 5 rings (SSSR count). The molecule has 0 saturated heterocycles. The van der Waals surface area contributed by atoms with Gasteiger partial charge in [-0.15, -0.1) is 0 Å². The smallest absolute Gasteiger partial charge is 0.416 e. The number of phenolic OH excluding ortho intramolecular Hbond substituents is 1. The molecule has 0 unspecified atom stereocenters. The molecule has 3 aliphatic carbocycles. The van der Waals surface area contributed by atoms with E-state index in [1.54, 1.807) is 0 Å². The van der Waals surface area contributed by atoms with E-state index in [2.05, 4.69) is 0 Å². The van der Waals surface area contributed by atoms with Gasteiger partial charge < -0.3 is 41.9 Å². The van der Waals surface area contributed by atoms with Crippen LogP contribution in [0.15, 0.2) is 47.2 Å². The number of alkyl halides is 6. The number of benzene rings is 2. The number of nitrogens with two attached hydrogens (primary N) is 1. The van der Waals surface area contributed by atoms with Crippen LogP contribution in [0.4, 0.5) is 42.5 Å². The van der Waals surface area contributed by atoms with Gasteiger partial charge in [0, 0.05) is 17.2 Å². The SMILES string of the molecule is C[C@@H]1c2ccc(NC(=O)Nc3cc(C(F)(F)F)cc(C(F)(F)F)c3)c(O)c2C(O)=C2C(=O)[C@]3(O)C(O)=C(C(N)=O)C(=O)[C@@H](N(C)C)[C@H]3[C@H](O)[C@H]21. The minimum absolute atomic E-state index is 0.0609. The molecular weight excluding hydrogens is 686 g/mol. The Morgan fingerprint density at radius 2 is 1.50 bits per heavy atom. The predicted molar refractivity (Wildman–Crippen MR) is 159 cm³/mol. The molecule has 0 aromatic heterocycles. The Morgan fingerprint density at radius 1 is 0.940 bits per heavy atom. The molecule has 1 saturated carbocycles. The first kappa shape index (κ1) is 36.1. The van der Waals surface area contributed by atoms with E-state index in [0.717, 1.165) is 6.07 Å². The molecule has 9 N–H and O–H groups in total. The van der Waals surface area contributed by atoms with E-state index in [4.69, 9.17) is 5.73 Å². The number of Topliss-reactive ketones (excluding diaryl/α,β-unsaturated/α-hetero) is 2. The number of halogens is 6. The molecule has 50 heavy (non-hydrogen) atoms. The number of carbonyl (C=O) groups is 4. The molecule has 268 valence electrons. The molecule has 0 bridgehead atoms. The first-order chi connectivity index (χ1) is 22.9. The van der Waals surface area contributed by atoms with Crippen molar-refractivity contribution in [2.75, 3.05) is 24.7 Å². The summed E-state index contributed by atoms with van der Waals surface area (Å²) in [5.74, 6) is -11.7. The van der Waals surface area contributed by atoms with Gasteiger partial charge in [-0.25, -0.2) is 4.79 Å². The van der Waals surface area contributed by atoms with Crippen molar-refractivity contribution in [2.24, 2.45) is 17.6 Å². The summed E-state index contributed by atoms with van der Waals surface area (Å²) in [5.41, 5.74) is -5.14. The fourth-order valence-corrected chi connectivity index (χ4v) is 7.03. The van der Waals surface area contributed by atoms with Gasteiger partial charge >= 0.3 is 18.4 Å². The fourth-order valence-electron chi connectivity index (χ4n) is 7.03. The fraction of sp³-hybridized carbons (Fsp3) is 0.355. The number of aromatic hydroxyl groups is 1. The minimum atomic E-state index is -5.21. The highest BCUT2D eigenvalue weighted by Crippen LogP contribution is 2.56. The summed E-state index contributed by atoms with van der Waals surface area (Å²) in [5, 5.41) is 60.8. The number of urea groups is 1. The van der Waals surface area contributed by atoms with Gasteiger partial charge in [0.2, 0.25) is 5.78 Å². The molecule has 13 nitrogen and oxygen atoms in total. The second-order valence-corrected chi connectivity index (χ2v) is 12.3. The number of phenols is 1. The molecule has 0 aliphatic heterocycles. The molecule has 0 spiro atoms. The Hall–Kier alpha value is -5.14. The predicted octanol–water partition coefficient (Wildman–Crippen LogP) is 3.18. The van der Waals surface area contributed by atoms with Gasteiger partial charge in [0.15, 0.2) is 11.4 Å². The maximum atomic E-state index is 14.1. The van der Waals surface area contributed by atoms with Gasteiger partial charge in [-0.2, -0.15) is 26.3 Å². The van der Waals surface area contributed by atoms with Crippen LogP contribution in [0.25, 0.3) is 5.76 Å². The van der Waals surface area contributed by atoms with E-state index in [1.807, 2.05) is 10.6 Å².